The number of hydrogen-bond donors (Lipinski definition) is 0. The summed E-state index contributed by atoms with van der Waals surface area (Å²) in [4.78, 5) is 0. The Morgan fingerprint density at radius 2 is 1.14 bits per heavy atom. The minimum atomic E-state index is -4.96. The Morgan fingerprint density at radius 1 is 0.619 bits per heavy atom. The number of halogens is 7. The Labute approximate surface area is 114 Å². The van der Waals surface area contributed by atoms with Gasteiger partial charge in [-0.3, -0.25) is 0 Å². The van der Waals surface area contributed by atoms with E-state index in [-0.39, 0.29) is 6.07 Å². The zero-order valence-corrected chi connectivity index (χ0v) is 10.2. The summed E-state index contributed by atoms with van der Waals surface area (Å²) in [7, 11) is 0. The average molecular weight is 308 g/mol. The van der Waals surface area contributed by atoms with Crippen molar-refractivity contribution in [2.45, 2.75) is 12.4 Å². The third-order valence-electron chi connectivity index (χ3n) is 2.81. The van der Waals surface area contributed by atoms with Gasteiger partial charge in [-0.05, 0) is 29.3 Å². The fraction of sp³-hybridized carbons (Fsp3) is 0.143. The summed E-state index contributed by atoms with van der Waals surface area (Å²) in [5.41, 5.74) is -4.00. The van der Waals surface area contributed by atoms with Crippen molar-refractivity contribution < 1.29 is 30.7 Å². The molecule has 0 bridgehead atoms. The maximum Gasteiger partial charge on any atom is 0.417 e. The van der Waals surface area contributed by atoms with Gasteiger partial charge >= 0.3 is 12.4 Å². The van der Waals surface area contributed by atoms with Crippen molar-refractivity contribution in [3.05, 3.63) is 59.4 Å². The molecule has 0 saturated heterocycles. The molecule has 0 unspecified atom stereocenters. The summed E-state index contributed by atoms with van der Waals surface area (Å²) in [5.74, 6) is -1.17. The number of rotatable bonds is 1. The van der Waals surface area contributed by atoms with E-state index in [1.54, 1.807) is 0 Å². The van der Waals surface area contributed by atoms with E-state index in [0.29, 0.717) is 18.2 Å². The quantitative estimate of drug-likeness (QED) is 0.608. The molecule has 2 aromatic carbocycles. The normalized spacial score (nSPS) is 12.5. The fourth-order valence-electron chi connectivity index (χ4n) is 1.95. The molecule has 0 aliphatic rings. The van der Waals surface area contributed by atoms with Gasteiger partial charge in [0.05, 0.1) is 11.1 Å². The van der Waals surface area contributed by atoms with Crippen LogP contribution in [-0.4, -0.2) is 0 Å². The van der Waals surface area contributed by atoms with Crippen LogP contribution >= 0.6 is 0 Å². The van der Waals surface area contributed by atoms with E-state index in [9.17, 15) is 30.7 Å². The summed E-state index contributed by atoms with van der Waals surface area (Å²) in [6.45, 7) is 0. The van der Waals surface area contributed by atoms with E-state index in [1.165, 1.54) is 6.07 Å². The van der Waals surface area contributed by atoms with Crippen LogP contribution in [0.4, 0.5) is 30.7 Å². The Bertz CT molecular complexity index is 653. The minimum absolute atomic E-state index is 0.183. The van der Waals surface area contributed by atoms with Gasteiger partial charge in [0.2, 0.25) is 0 Å². The topological polar surface area (TPSA) is 0 Å². The van der Waals surface area contributed by atoms with Gasteiger partial charge < -0.3 is 0 Å². The zero-order chi connectivity index (χ0) is 15.8. The predicted molar refractivity (Wildman–Crippen MR) is 61.8 cm³/mol. The molecular formula is C14H7F7. The minimum Gasteiger partial charge on any atom is -0.207 e. The smallest absolute Gasteiger partial charge is 0.207 e. The van der Waals surface area contributed by atoms with Crippen LogP contribution in [-0.2, 0) is 12.4 Å². The standard InChI is InChI=1S/C14H7F7/c15-8-5-6-10(12(7-8)14(19,20)21)9-3-1-2-4-11(9)13(16,17)18/h1-7H. The van der Waals surface area contributed by atoms with Crippen molar-refractivity contribution in [3.8, 4) is 11.1 Å². The van der Waals surface area contributed by atoms with Crippen molar-refractivity contribution in [1.29, 1.82) is 0 Å². The lowest BCUT2D eigenvalue weighted by atomic mass is 9.94. The van der Waals surface area contributed by atoms with Crippen LogP contribution in [0.25, 0.3) is 11.1 Å². The highest BCUT2D eigenvalue weighted by Gasteiger charge is 2.38. The molecule has 0 N–H and O–H groups in total. The van der Waals surface area contributed by atoms with Gasteiger partial charge in [0.1, 0.15) is 5.82 Å². The zero-order valence-electron chi connectivity index (χ0n) is 10.2. The first kappa shape index (κ1) is 15.3. The molecule has 0 saturated carbocycles. The number of alkyl halides is 6. The number of benzene rings is 2. The van der Waals surface area contributed by atoms with Gasteiger partial charge in [0, 0.05) is 0 Å². The van der Waals surface area contributed by atoms with E-state index in [0.717, 1.165) is 12.1 Å². The highest BCUT2D eigenvalue weighted by atomic mass is 19.4. The Morgan fingerprint density at radius 3 is 1.71 bits per heavy atom. The van der Waals surface area contributed by atoms with Crippen molar-refractivity contribution in [1.82, 2.24) is 0 Å². The van der Waals surface area contributed by atoms with Gasteiger partial charge in [0.15, 0.2) is 0 Å². The maximum atomic E-state index is 13.0. The lowest BCUT2D eigenvalue weighted by molar-refractivity contribution is -0.139. The Balaban J connectivity index is 2.75. The first-order valence-corrected chi connectivity index (χ1v) is 5.64. The van der Waals surface area contributed by atoms with E-state index in [4.69, 9.17) is 0 Å². The van der Waals surface area contributed by atoms with Crippen LogP contribution in [0.5, 0.6) is 0 Å². The summed E-state index contributed by atoms with van der Waals surface area (Å²) in [6.07, 6.45) is -9.77. The van der Waals surface area contributed by atoms with Crippen LogP contribution in [0, 0.1) is 5.82 Å². The molecule has 0 aliphatic carbocycles. The SMILES string of the molecule is Fc1ccc(-c2ccccc2C(F)(F)F)c(C(F)(F)F)c1. The van der Waals surface area contributed by atoms with E-state index < -0.39 is 40.4 Å². The molecule has 0 aliphatic heterocycles. The fourth-order valence-corrected chi connectivity index (χ4v) is 1.95. The predicted octanol–water partition coefficient (Wildman–Crippen LogP) is 5.53. The van der Waals surface area contributed by atoms with Gasteiger partial charge in [-0.1, -0.05) is 24.3 Å². The molecule has 0 atom stereocenters. The second-order valence-electron chi connectivity index (χ2n) is 4.23. The molecule has 0 aromatic heterocycles. The summed E-state index contributed by atoms with van der Waals surface area (Å²) in [5, 5.41) is 0. The molecule has 0 nitrogen and oxygen atoms in total. The van der Waals surface area contributed by atoms with Gasteiger partial charge in [0.25, 0.3) is 0 Å². The van der Waals surface area contributed by atoms with Crippen molar-refractivity contribution in [2.75, 3.05) is 0 Å². The van der Waals surface area contributed by atoms with Gasteiger partial charge in [-0.15, -0.1) is 0 Å². The third-order valence-corrected chi connectivity index (χ3v) is 2.81. The van der Waals surface area contributed by atoms with Crippen molar-refractivity contribution in [2.24, 2.45) is 0 Å². The lowest BCUT2D eigenvalue weighted by Crippen LogP contribution is -2.11. The van der Waals surface area contributed by atoms with Crippen LogP contribution in [0.2, 0.25) is 0 Å². The van der Waals surface area contributed by atoms with E-state index in [1.807, 2.05) is 0 Å². The highest BCUT2D eigenvalue weighted by Crippen LogP contribution is 2.42. The van der Waals surface area contributed by atoms with Crippen LogP contribution in [0.1, 0.15) is 11.1 Å². The number of hydrogen-bond acceptors (Lipinski definition) is 0. The van der Waals surface area contributed by atoms with Crippen molar-refractivity contribution >= 4 is 0 Å². The molecule has 7 heteroatoms. The lowest BCUT2D eigenvalue weighted by Gasteiger charge is -2.17. The third kappa shape index (κ3) is 3.17. The van der Waals surface area contributed by atoms with Crippen LogP contribution < -0.4 is 0 Å². The van der Waals surface area contributed by atoms with Crippen LogP contribution in [0.3, 0.4) is 0 Å². The largest absolute Gasteiger partial charge is 0.417 e. The monoisotopic (exact) mass is 308 g/mol. The maximum absolute atomic E-state index is 13.0. The van der Waals surface area contributed by atoms with Crippen LogP contribution in [0.15, 0.2) is 42.5 Å². The highest BCUT2D eigenvalue weighted by molar-refractivity contribution is 5.72. The molecule has 0 spiro atoms. The molecule has 2 rings (SSSR count). The molecule has 0 amide bonds. The second kappa shape index (κ2) is 5.05. The Hall–Kier alpha value is -2.05. The molecule has 21 heavy (non-hydrogen) atoms. The first-order valence-electron chi connectivity index (χ1n) is 5.64. The van der Waals surface area contributed by atoms with E-state index >= 15 is 0 Å². The summed E-state index contributed by atoms with van der Waals surface area (Å²) in [6, 6.07) is 5.43. The molecule has 0 radical (unpaired) electrons. The first-order chi connectivity index (χ1) is 9.60. The molecule has 0 fully saturated rings. The molecule has 0 heterocycles. The molecule has 2 aromatic rings. The van der Waals surface area contributed by atoms with Gasteiger partial charge in [-0.2, -0.15) is 26.3 Å². The average Bonchev–Trinajstić information content (AvgIpc) is 2.36. The van der Waals surface area contributed by atoms with Gasteiger partial charge in [-0.25, -0.2) is 4.39 Å². The Kier molecular flexibility index (Phi) is 3.69. The molecule has 112 valence electrons. The van der Waals surface area contributed by atoms with E-state index in [2.05, 4.69) is 0 Å². The van der Waals surface area contributed by atoms with Crippen molar-refractivity contribution in [3.63, 3.8) is 0 Å². The summed E-state index contributed by atoms with van der Waals surface area (Å²) >= 11 is 0. The second-order valence-corrected chi connectivity index (χ2v) is 4.23. The molecular weight excluding hydrogens is 301 g/mol. The summed E-state index contributed by atoms with van der Waals surface area (Å²) < 4.78 is 90.3.